The van der Waals surface area contributed by atoms with Crippen LogP contribution in [0.1, 0.15) is 18.0 Å². The van der Waals surface area contributed by atoms with Crippen LogP contribution in [0.3, 0.4) is 0 Å². The molecule has 0 saturated carbocycles. The van der Waals surface area contributed by atoms with Crippen molar-refractivity contribution in [2.24, 2.45) is 0 Å². The summed E-state index contributed by atoms with van der Waals surface area (Å²) in [5.74, 6) is -0.574. The molecule has 0 bridgehead atoms. The number of hydrogen-bond acceptors (Lipinski definition) is 2. The van der Waals surface area contributed by atoms with Crippen LogP contribution in [0.5, 0.6) is 0 Å². The first-order valence-corrected chi connectivity index (χ1v) is 4.80. The van der Waals surface area contributed by atoms with Crippen molar-refractivity contribution in [3.63, 3.8) is 0 Å². The lowest BCUT2D eigenvalue weighted by Gasteiger charge is -2.19. The molecule has 1 aliphatic heterocycles. The van der Waals surface area contributed by atoms with E-state index in [0.29, 0.717) is 6.42 Å². The van der Waals surface area contributed by atoms with E-state index in [2.05, 4.69) is 0 Å². The lowest BCUT2D eigenvalue weighted by atomic mass is 10.0. The summed E-state index contributed by atoms with van der Waals surface area (Å²) in [5, 5.41) is 9.39. The van der Waals surface area contributed by atoms with Crippen LogP contribution in [0, 0.1) is 5.82 Å². The molecule has 1 saturated heterocycles. The summed E-state index contributed by atoms with van der Waals surface area (Å²) in [7, 11) is 1.65. The molecular formula is C11H12FNO2. The minimum absolute atomic E-state index is 0.145. The highest BCUT2D eigenvalue weighted by molar-refractivity contribution is 5.83. The fourth-order valence-electron chi connectivity index (χ4n) is 1.90. The fraction of sp³-hybridized carbons (Fsp3) is 0.364. The molecule has 1 aromatic rings. The largest absolute Gasteiger partial charge is 0.383 e. The van der Waals surface area contributed by atoms with E-state index in [1.54, 1.807) is 19.2 Å². The van der Waals surface area contributed by atoms with Gasteiger partial charge in [0.15, 0.2) is 0 Å². The van der Waals surface area contributed by atoms with Crippen molar-refractivity contribution in [2.45, 2.75) is 18.6 Å². The normalized spacial score (nSPS) is 26.1. The number of aliphatic hydroxyl groups excluding tert-OH is 1. The van der Waals surface area contributed by atoms with Crippen molar-refractivity contribution in [1.82, 2.24) is 4.90 Å². The number of rotatable bonds is 1. The Labute approximate surface area is 87.1 Å². The number of aliphatic hydroxyl groups is 1. The molecule has 15 heavy (non-hydrogen) atoms. The van der Waals surface area contributed by atoms with Gasteiger partial charge in [-0.25, -0.2) is 4.39 Å². The third kappa shape index (κ3) is 1.72. The zero-order valence-corrected chi connectivity index (χ0v) is 8.35. The van der Waals surface area contributed by atoms with E-state index in [4.69, 9.17) is 0 Å². The minimum Gasteiger partial charge on any atom is -0.383 e. The Hall–Kier alpha value is -1.42. The predicted molar refractivity (Wildman–Crippen MR) is 52.5 cm³/mol. The maximum absolute atomic E-state index is 12.7. The topological polar surface area (TPSA) is 40.5 Å². The molecule has 0 spiro atoms. The molecule has 1 amide bonds. The van der Waals surface area contributed by atoms with E-state index in [1.165, 1.54) is 17.0 Å². The summed E-state index contributed by atoms with van der Waals surface area (Å²) in [4.78, 5) is 12.9. The summed E-state index contributed by atoms with van der Waals surface area (Å²) >= 11 is 0. The van der Waals surface area contributed by atoms with Crippen LogP contribution in [-0.2, 0) is 4.79 Å². The third-order valence-corrected chi connectivity index (χ3v) is 2.80. The molecule has 1 aliphatic rings. The van der Waals surface area contributed by atoms with Crippen molar-refractivity contribution in [3.8, 4) is 0 Å². The van der Waals surface area contributed by atoms with Gasteiger partial charge in [-0.3, -0.25) is 4.79 Å². The molecule has 0 radical (unpaired) electrons. The maximum atomic E-state index is 12.7. The second kappa shape index (κ2) is 3.62. The second-order valence-electron chi connectivity index (χ2n) is 3.77. The highest BCUT2D eigenvalue weighted by atomic mass is 19.1. The van der Waals surface area contributed by atoms with Crippen LogP contribution in [-0.4, -0.2) is 29.1 Å². The monoisotopic (exact) mass is 209 g/mol. The zero-order valence-electron chi connectivity index (χ0n) is 8.35. The molecular weight excluding hydrogens is 197 g/mol. The van der Waals surface area contributed by atoms with Gasteiger partial charge in [-0.05, 0) is 17.7 Å². The molecule has 0 aliphatic carbocycles. The van der Waals surface area contributed by atoms with Gasteiger partial charge in [0, 0.05) is 13.5 Å². The fourth-order valence-corrected chi connectivity index (χ4v) is 1.90. The summed E-state index contributed by atoms with van der Waals surface area (Å²) in [5.41, 5.74) is 0.851. The molecule has 0 aromatic heterocycles. The predicted octanol–water partition coefficient (Wildman–Crippen LogP) is 1.09. The molecule has 1 heterocycles. The van der Waals surface area contributed by atoms with Crippen LogP contribution in [0.25, 0.3) is 0 Å². The number of likely N-dealkylation sites (tertiary alicyclic amines) is 1. The highest BCUT2D eigenvalue weighted by Gasteiger charge is 2.36. The molecule has 0 unspecified atom stereocenters. The molecule has 80 valence electrons. The van der Waals surface area contributed by atoms with E-state index in [1.807, 2.05) is 0 Å². The first kappa shape index (κ1) is 10.1. The first-order chi connectivity index (χ1) is 7.09. The number of nitrogens with zero attached hydrogens (tertiary/aromatic N) is 1. The van der Waals surface area contributed by atoms with Crippen LogP contribution in [0.15, 0.2) is 24.3 Å². The van der Waals surface area contributed by atoms with Crippen LogP contribution in [0.4, 0.5) is 4.39 Å². The summed E-state index contributed by atoms with van der Waals surface area (Å²) in [6, 6.07) is 5.86. The van der Waals surface area contributed by atoms with Crippen molar-refractivity contribution in [2.75, 3.05) is 7.05 Å². The van der Waals surface area contributed by atoms with E-state index >= 15 is 0 Å². The van der Waals surface area contributed by atoms with Crippen LogP contribution < -0.4 is 0 Å². The van der Waals surface area contributed by atoms with Gasteiger partial charge in [0.25, 0.3) is 5.91 Å². The van der Waals surface area contributed by atoms with E-state index < -0.39 is 6.10 Å². The van der Waals surface area contributed by atoms with Gasteiger partial charge in [0.1, 0.15) is 11.9 Å². The molecule has 1 fully saturated rings. The quantitative estimate of drug-likeness (QED) is 0.752. The number of halogens is 1. The Bertz CT molecular complexity index is 377. The maximum Gasteiger partial charge on any atom is 0.251 e. The molecule has 1 N–H and O–H groups in total. The Morgan fingerprint density at radius 2 is 2.00 bits per heavy atom. The summed E-state index contributed by atoms with van der Waals surface area (Å²) < 4.78 is 12.7. The van der Waals surface area contributed by atoms with Gasteiger partial charge in [0.05, 0.1) is 6.04 Å². The molecule has 3 nitrogen and oxygen atoms in total. The van der Waals surface area contributed by atoms with Crippen LogP contribution >= 0.6 is 0 Å². The standard InChI is InChI=1S/C11H12FNO2/c1-13-9(6-10(14)11(13)15)7-2-4-8(12)5-3-7/h2-5,9-10,14H,6H2,1H3/t9-,10+/m0/s1. The number of carbonyl (C=O) groups excluding carboxylic acids is 1. The number of benzene rings is 1. The Morgan fingerprint density at radius 3 is 2.47 bits per heavy atom. The molecule has 1 aromatic carbocycles. The summed E-state index contributed by atoms with van der Waals surface area (Å²) in [6.45, 7) is 0. The smallest absolute Gasteiger partial charge is 0.251 e. The second-order valence-corrected chi connectivity index (χ2v) is 3.77. The van der Waals surface area contributed by atoms with E-state index in [9.17, 15) is 14.3 Å². The average molecular weight is 209 g/mol. The molecule has 2 atom stereocenters. The van der Waals surface area contributed by atoms with Gasteiger partial charge in [-0.1, -0.05) is 12.1 Å². The lowest BCUT2D eigenvalue weighted by Crippen LogP contribution is -2.26. The van der Waals surface area contributed by atoms with Crippen molar-refractivity contribution >= 4 is 5.91 Å². The van der Waals surface area contributed by atoms with E-state index in [0.717, 1.165) is 5.56 Å². The van der Waals surface area contributed by atoms with E-state index in [-0.39, 0.29) is 17.8 Å². The third-order valence-electron chi connectivity index (χ3n) is 2.80. The Balaban J connectivity index is 2.25. The van der Waals surface area contributed by atoms with Gasteiger partial charge in [-0.2, -0.15) is 0 Å². The van der Waals surface area contributed by atoms with Crippen molar-refractivity contribution < 1.29 is 14.3 Å². The number of hydrogen-bond donors (Lipinski definition) is 1. The van der Waals surface area contributed by atoms with Crippen molar-refractivity contribution in [1.29, 1.82) is 0 Å². The number of carbonyl (C=O) groups is 1. The van der Waals surface area contributed by atoms with Crippen LogP contribution in [0.2, 0.25) is 0 Å². The Kier molecular flexibility index (Phi) is 2.44. The number of amides is 1. The molecule has 2 rings (SSSR count). The minimum atomic E-state index is -0.926. The SMILES string of the molecule is CN1C(=O)[C@H](O)C[C@H]1c1ccc(F)cc1. The average Bonchev–Trinajstić information content (AvgIpc) is 2.47. The van der Waals surface area contributed by atoms with Crippen molar-refractivity contribution in [3.05, 3.63) is 35.6 Å². The number of likely N-dealkylation sites (N-methyl/N-ethyl adjacent to an activating group) is 1. The highest BCUT2D eigenvalue weighted by Crippen LogP contribution is 2.31. The summed E-state index contributed by atoms with van der Waals surface area (Å²) in [6.07, 6.45) is -0.550. The zero-order chi connectivity index (χ0) is 11.0. The van der Waals surface area contributed by atoms with Gasteiger partial charge < -0.3 is 10.0 Å². The Morgan fingerprint density at radius 1 is 1.40 bits per heavy atom. The molecule has 4 heteroatoms. The lowest BCUT2D eigenvalue weighted by molar-refractivity contribution is -0.134. The van der Waals surface area contributed by atoms with Gasteiger partial charge in [-0.15, -0.1) is 0 Å². The van der Waals surface area contributed by atoms with Gasteiger partial charge in [0.2, 0.25) is 0 Å². The van der Waals surface area contributed by atoms with Gasteiger partial charge >= 0.3 is 0 Å². The first-order valence-electron chi connectivity index (χ1n) is 4.80.